The maximum absolute atomic E-state index is 12.1. The number of pyridine rings is 1. The average molecular weight is 260 g/mol. The largest absolute Gasteiger partial charge is 0.387 e. The second-order valence-electron chi connectivity index (χ2n) is 4.97. The van der Waals surface area contributed by atoms with E-state index in [9.17, 15) is 4.79 Å². The summed E-state index contributed by atoms with van der Waals surface area (Å²) < 4.78 is 0. The summed E-state index contributed by atoms with van der Waals surface area (Å²) in [6.45, 7) is 1.75. The Bertz CT molecular complexity index is 495. The van der Waals surface area contributed by atoms with Crippen molar-refractivity contribution < 1.29 is 9.63 Å². The summed E-state index contributed by atoms with van der Waals surface area (Å²) in [6, 6.07) is 3.56. The summed E-state index contributed by atoms with van der Waals surface area (Å²) in [5.41, 5.74) is 0.797. The predicted molar refractivity (Wildman–Crippen MR) is 70.8 cm³/mol. The number of nitrogens with one attached hydrogen (secondary N) is 2. The summed E-state index contributed by atoms with van der Waals surface area (Å²) in [5.74, 6) is -0.213. The van der Waals surface area contributed by atoms with Gasteiger partial charge in [-0.3, -0.25) is 9.78 Å². The Morgan fingerprint density at radius 2 is 2.47 bits per heavy atom. The van der Waals surface area contributed by atoms with E-state index in [0.29, 0.717) is 17.8 Å². The average Bonchev–Trinajstić information content (AvgIpc) is 2.85. The molecule has 1 amide bonds. The number of aromatic nitrogens is 1. The molecule has 0 bridgehead atoms. The lowest BCUT2D eigenvalue weighted by molar-refractivity contribution is -0.110. The number of oxime groups is 1. The minimum atomic E-state index is -0.320. The standard InChI is InChI=1S/C13H16N4O2/c18-12(16-10-3-1-5-14-8-10)11-7-13(19-17-11)4-2-6-15-9-13/h1,3,5,8,15H,2,4,6-7,9H2,(H,16,18)/t13-/m1/s1. The Labute approximate surface area is 111 Å². The van der Waals surface area contributed by atoms with Crippen LogP contribution in [0.1, 0.15) is 19.3 Å². The van der Waals surface area contributed by atoms with Crippen molar-refractivity contribution in [3.63, 3.8) is 0 Å². The minimum absolute atomic E-state index is 0.213. The van der Waals surface area contributed by atoms with Crippen molar-refractivity contribution >= 4 is 17.3 Å². The van der Waals surface area contributed by atoms with Crippen LogP contribution in [-0.2, 0) is 9.63 Å². The van der Waals surface area contributed by atoms with E-state index in [1.807, 2.05) is 0 Å². The Balaban J connectivity index is 1.63. The van der Waals surface area contributed by atoms with Crippen LogP contribution in [0, 0.1) is 0 Å². The second kappa shape index (κ2) is 4.97. The van der Waals surface area contributed by atoms with Crippen molar-refractivity contribution in [1.82, 2.24) is 10.3 Å². The van der Waals surface area contributed by atoms with E-state index in [0.717, 1.165) is 25.9 Å². The summed E-state index contributed by atoms with van der Waals surface area (Å²) in [4.78, 5) is 21.5. The molecule has 3 heterocycles. The molecule has 1 spiro atoms. The zero-order chi connectivity index (χ0) is 13.1. The molecule has 0 radical (unpaired) electrons. The number of carbonyl (C=O) groups excluding carboxylic acids is 1. The highest BCUT2D eigenvalue weighted by molar-refractivity contribution is 6.43. The molecule has 2 aliphatic heterocycles. The Hall–Kier alpha value is -1.95. The highest BCUT2D eigenvalue weighted by Crippen LogP contribution is 2.30. The first-order valence-corrected chi connectivity index (χ1v) is 6.45. The van der Waals surface area contributed by atoms with Gasteiger partial charge in [-0.1, -0.05) is 5.16 Å². The number of hydrogen-bond donors (Lipinski definition) is 2. The van der Waals surface area contributed by atoms with Crippen molar-refractivity contribution in [2.75, 3.05) is 18.4 Å². The summed E-state index contributed by atoms with van der Waals surface area (Å²) in [7, 11) is 0. The molecule has 1 fully saturated rings. The quantitative estimate of drug-likeness (QED) is 0.829. The number of hydrogen-bond acceptors (Lipinski definition) is 5. The fraction of sp³-hybridized carbons (Fsp3) is 0.462. The van der Waals surface area contributed by atoms with Gasteiger partial charge in [0, 0.05) is 19.2 Å². The molecule has 19 heavy (non-hydrogen) atoms. The maximum Gasteiger partial charge on any atom is 0.273 e. The van der Waals surface area contributed by atoms with Crippen LogP contribution in [0.25, 0.3) is 0 Å². The fourth-order valence-corrected chi connectivity index (χ4v) is 2.45. The van der Waals surface area contributed by atoms with Gasteiger partial charge in [0.2, 0.25) is 0 Å². The van der Waals surface area contributed by atoms with Gasteiger partial charge in [0.25, 0.3) is 5.91 Å². The van der Waals surface area contributed by atoms with Crippen molar-refractivity contribution in [3.8, 4) is 0 Å². The van der Waals surface area contributed by atoms with Crippen LogP contribution in [0.2, 0.25) is 0 Å². The van der Waals surface area contributed by atoms with E-state index >= 15 is 0 Å². The van der Waals surface area contributed by atoms with Gasteiger partial charge in [0.15, 0.2) is 5.60 Å². The third-order valence-electron chi connectivity index (χ3n) is 3.45. The maximum atomic E-state index is 12.1. The molecule has 1 atom stereocenters. The minimum Gasteiger partial charge on any atom is -0.387 e. The lowest BCUT2D eigenvalue weighted by Crippen LogP contribution is -2.46. The molecule has 1 aromatic rings. The van der Waals surface area contributed by atoms with Crippen LogP contribution in [0.5, 0.6) is 0 Å². The van der Waals surface area contributed by atoms with Gasteiger partial charge in [0.1, 0.15) is 5.71 Å². The van der Waals surface area contributed by atoms with E-state index < -0.39 is 0 Å². The van der Waals surface area contributed by atoms with Gasteiger partial charge in [-0.15, -0.1) is 0 Å². The SMILES string of the molecule is O=C(Nc1cccnc1)C1=NO[C@]2(CCCNC2)C1. The van der Waals surface area contributed by atoms with Crippen LogP contribution >= 0.6 is 0 Å². The van der Waals surface area contributed by atoms with Gasteiger partial charge >= 0.3 is 0 Å². The highest BCUT2D eigenvalue weighted by atomic mass is 16.7. The number of anilines is 1. The summed E-state index contributed by atoms with van der Waals surface area (Å²) >= 11 is 0. The Kier molecular flexibility index (Phi) is 3.16. The topological polar surface area (TPSA) is 75.6 Å². The van der Waals surface area contributed by atoms with Crippen LogP contribution in [-0.4, -0.2) is 35.3 Å². The monoisotopic (exact) mass is 260 g/mol. The first-order valence-electron chi connectivity index (χ1n) is 6.45. The molecule has 1 saturated heterocycles. The number of rotatable bonds is 2. The molecule has 1 aromatic heterocycles. The number of piperidine rings is 1. The predicted octanol–water partition coefficient (Wildman–Crippen LogP) is 0.919. The molecule has 2 aliphatic rings. The van der Waals surface area contributed by atoms with E-state index in [2.05, 4.69) is 20.8 Å². The fourth-order valence-electron chi connectivity index (χ4n) is 2.45. The molecule has 2 N–H and O–H groups in total. The molecule has 3 rings (SSSR count). The molecular formula is C13H16N4O2. The van der Waals surface area contributed by atoms with Crippen molar-refractivity contribution in [3.05, 3.63) is 24.5 Å². The van der Waals surface area contributed by atoms with E-state index in [4.69, 9.17) is 4.84 Å². The molecule has 0 aliphatic carbocycles. The smallest absolute Gasteiger partial charge is 0.273 e. The van der Waals surface area contributed by atoms with Crippen LogP contribution in [0.3, 0.4) is 0 Å². The van der Waals surface area contributed by atoms with Crippen LogP contribution in [0.15, 0.2) is 29.7 Å². The molecule has 6 heteroatoms. The van der Waals surface area contributed by atoms with Gasteiger partial charge < -0.3 is 15.5 Å². The van der Waals surface area contributed by atoms with Crippen molar-refractivity contribution in [2.45, 2.75) is 24.9 Å². The lowest BCUT2D eigenvalue weighted by atomic mass is 9.89. The Morgan fingerprint density at radius 3 is 3.21 bits per heavy atom. The summed E-state index contributed by atoms with van der Waals surface area (Å²) in [6.07, 6.45) is 5.81. The summed E-state index contributed by atoms with van der Waals surface area (Å²) in [5, 5.41) is 10.0. The van der Waals surface area contributed by atoms with Crippen LogP contribution < -0.4 is 10.6 Å². The number of nitrogens with zero attached hydrogens (tertiary/aromatic N) is 2. The normalized spacial score (nSPS) is 25.8. The zero-order valence-electron chi connectivity index (χ0n) is 10.6. The lowest BCUT2D eigenvalue weighted by Gasteiger charge is -2.30. The number of amides is 1. The Morgan fingerprint density at radius 1 is 1.53 bits per heavy atom. The van der Waals surface area contributed by atoms with Crippen molar-refractivity contribution in [2.24, 2.45) is 5.16 Å². The molecule has 0 saturated carbocycles. The third kappa shape index (κ3) is 2.58. The van der Waals surface area contributed by atoms with E-state index in [1.165, 1.54) is 0 Å². The van der Waals surface area contributed by atoms with E-state index in [-0.39, 0.29) is 11.5 Å². The third-order valence-corrected chi connectivity index (χ3v) is 3.45. The van der Waals surface area contributed by atoms with Crippen LogP contribution in [0.4, 0.5) is 5.69 Å². The van der Waals surface area contributed by atoms with Gasteiger partial charge in [-0.2, -0.15) is 0 Å². The molecule has 6 nitrogen and oxygen atoms in total. The number of carbonyl (C=O) groups is 1. The van der Waals surface area contributed by atoms with Crippen molar-refractivity contribution in [1.29, 1.82) is 0 Å². The zero-order valence-corrected chi connectivity index (χ0v) is 10.6. The first kappa shape index (κ1) is 12.1. The molecule has 0 unspecified atom stereocenters. The van der Waals surface area contributed by atoms with E-state index in [1.54, 1.807) is 24.5 Å². The van der Waals surface area contributed by atoms with Gasteiger partial charge in [0.05, 0.1) is 11.9 Å². The highest BCUT2D eigenvalue weighted by Gasteiger charge is 2.42. The van der Waals surface area contributed by atoms with Gasteiger partial charge in [-0.25, -0.2) is 0 Å². The molecular weight excluding hydrogens is 244 g/mol. The first-order chi connectivity index (χ1) is 9.27. The molecule has 0 aromatic carbocycles. The molecule has 100 valence electrons. The van der Waals surface area contributed by atoms with Gasteiger partial charge in [-0.05, 0) is 31.5 Å². The second-order valence-corrected chi connectivity index (χ2v) is 4.97.